The molecule has 0 saturated carbocycles. The summed E-state index contributed by atoms with van der Waals surface area (Å²) in [5.41, 5.74) is 4.65. The van der Waals surface area contributed by atoms with Crippen LogP contribution in [-0.2, 0) is 4.79 Å². The van der Waals surface area contributed by atoms with E-state index < -0.39 is 0 Å². The number of hydrogen-bond donors (Lipinski definition) is 1. The molecule has 1 amide bonds. The molecule has 3 nitrogen and oxygen atoms in total. The summed E-state index contributed by atoms with van der Waals surface area (Å²) in [6, 6.07) is 1.58. The Labute approximate surface area is 54.8 Å². The van der Waals surface area contributed by atoms with Crippen molar-refractivity contribution in [3.63, 3.8) is 0 Å². The normalized spacial score (nSPS) is 5.78. The van der Waals surface area contributed by atoms with E-state index in [0.717, 1.165) is 6.08 Å². The molecule has 9 heavy (non-hydrogen) atoms. The van der Waals surface area contributed by atoms with Gasteiger partial charge in [0.15, 0.2) is 0 Å². The lowest BCUT2D eigenvalue weighted by Gasteiger charge is -1.73. The summed E-state index contributed by atoms with van der Waals surface area (Å²) in [6.07, 6.45) is 1.38. The predicted molar refractivity (Wildman–Crippen MR) is 34.0 cm³/mol. The molecule has 0 aromatic carbocycles. The second-order valence-electron chi connectivity index (χ2n) is 1.12. The van der Waals surface area contributed by atoms with Gasteiger partial charge in [-0.25, -0.2) is 0 Å². The topological polar surface area (TPSA) is 66.9 Å². The zero-order chi connectivity index (χ0) is 7.70. The molecule has 0 aliphatic rings. The Hall–Kier alpha value is -1.30. The first-order valence-corrected chi connectivity index (χ1v) is 2.40. The van der Waals surface area contributed by atoms with Gasteiger partial charge >= 0.3 is 0 Å². The lowest BCUT2D eigenvalue weighted by Crippen LogP contribution is -2.06. The van der Waals surface area contributed by atoms with E-state index in [1.54, 1.807) is 13.0 Å². The third-order valence-corrected chi connectivity index (χ3v) is 0.423. The van der Waals surface area contributed by atoms with Crippen LogP contribution < -0.4 is 5.73 Å². The molecule has 3 heteroatoms. The highest BCUT2D eigenvalue weighted by Crippen LogP contribution is 1.63. The molecule has 0 aromatic rings. The number of amides is 1. The SMILES string of the molecule is CCC(N)=O.[CH]=CC#N. The summed E-state index contributed by atoms with van der Waals surface area (Å²) < 4.78 is 0. The second kappa shape index (κ2) is 9.85. The van der Waals surface area contributed by atoms with Crippen LogP contribution in [0.3, 0.4) is 0 Å². The molecule has 0 aromatic heterocycles. The van der Waals surface area contributed by atoms with E-state index >= 15 is 0 Å². The highest BCUT2D eigenvalue weighted by molar-refractivity contribution is 5.73. The van der Waals surface area contributed by atoms with Crippen LogP contribution in [0.15, 0.2) is 6.08 Å². The fourth-order valence-corrected chi connectivity index (χ4v) is 0. The Morgan fingerprint density at radius 1 is 2.00 bits per heavy atom. The van der Waals surface area contributed by atoms with Crippen LogP contribution in [0.4, 0.5) is 0 Å². The van der Waals surface area contributed by atoms with Crippen LogP contribution in [-0.4, -0.2) is 5.91 Å². The Morgan fingerprint density at radius 3 is 2.22 bits per heavy atom. The summed E-state index contributed by atoms with van der Waals surface area (Å²) >= 11 is 0. The quantitative estimate of drug-likeness (QED) is 0.515. The van der Waals surface area contributed by atoms with E-state index in [4.69, 9.17) is 5.26 Å². The van der Waals surface area contributed by atoms with Gasteiger partial charge < -0.3 is 5.73 Å². The van der Waals surface area contributed by atoms with E-state index in [-0.39, 0.29) is 5.91 Å². The monoisotopic (exact) mass is 125 g/mol. The lowest BCUT2D eigenvalue weighted by atomic mass is 10.5. The fraction of sp³-hybridized carbons (Fsp3) is 0.333. The van der Waals surface area contributed by atoms with Crippen LogP contribution >= 0.6 is 0 Å². The Kier molecular flexibility index (Phi) is 11.6. The Bertz CT molecular complexity index is 124. The molecule has 0 saturated heterocycles. The van der Waals surface area contributed by atoms with Gasteiger partial charge in [-0.2, -0.15) is 5.26 Å². The molecule has 0 aliphatic carbocycles. The lowest BCUT2D eigenvalue weighted by molar-refractivity contribution is -0.117. The minimum atomic E-state index is -0.245. The Morgan fingerprint density at radius 2 is 2.22 bits per heavy atom. The van der Waals surface area contributed by atoms with Gasteiger partial charge in [0.2, 0.25) is 5.91 Å². The van der Waals surface area contributed by atoms with Crippen molar-refractivity contribution in [1.82, 2.24) is 0 Å². The number of nitrogens with two attached hydrogens (primary N) is 1. The molecule has 0 bridgehead atoms. The zero-order valence-electron chi connectivity index (χ0n) is 5.29. The van der Waals surface area contributed by atoms with Gasteiger partial charge in [-0.05, 0) is 0 Å². The van der Waals surface area contributed by atoms with E-state index in [9.17, 15) is 4.79 Å². The van der Waals surface area contributed by atoms with Crippen molar-refractivity contribution in [3.05, 3.63) is 12.7 Å². The van der Waals surface area contributed by atoms with Crippen molar-refractivity contribution >= 4 is 5.91 Å². The fourth-order valence-electron chi connectivity index (χ4n) is 0. The maximum Gasteiger partial charge on any atom is 0.217 e. The zero-order valence-corrected chi connectivity index (χ0v) is 5.29. The molecule has 0 fully saturated rings. The Balaban J connectivity index is 0. The molecule has 49 valence electrons. The highest BCUT2D eigenvalue weighted by atomic mass is 16.1. The van der Waals surface area contributed by atoms with Gasteiger partial charge in [-0.3, -0.25) is 4.79 Å². The largest absolute Gasteiger partial charge is 0.370 e. The van der Waals surface area contributed by atoms with Crippen molar-refractivity contribution in [2.45, 2.75) is 13.3 Å². The van der Waals surface area contributed by atoms with Crippen molar-refractivity contribution < 1.29 is 4.79 Å². The van der Waals surface area contributed by atoms with Crippen LogP contribution in [0.1, 0.15) is 13.3 Å². The number of allylic oxidation sites excluding steroid dienone is 1. The summed E-state index contributed by atoms with van der Waals surface area (Å²) in [5.74, 6) is -0.245. The molecular weight excluding hydrogens is 116 g/mol. The summed E-state index contributed by atoms with van der Waals surface area (Å²) in [7, 11) is 0. The molecule has 0 unspecified atom stereocenters. The number of primary amides is 1. The van der Waals surface area contributed by atoms with Gasteiger partial charge in [0.25, 0.3) is 0 Å². The van der Waals surface area contributed by atoms with Crippen molar-refractivity contribution in [2.75, 3.05) is 0 Å². The van der Waals surface area contributed by atoms with Crippen LogP contribution in [0.5, 0.6) is 0 Å². The number of nitriles is 1. The minimum absolute atomic E-state index is 0.245. The molecule has 0 spiro atoms. The molecule has 0 rings (SSSR count). The van der Waals surface area contributed by atoms with Crippen LogP contribution in [0.25, 0.3) is 0 Å². The van der Waals surface area contributed by atoms with Gasteiger partial charge in [-0.1, -0.05) is 13.5 Å². The summed E-state index contributed by atoms with van der Waals surface area (Å²) in [4.78, 5) is 9.59. The molecule has 2 N–H and O–H groups in total. The van der Waals surface area contributed by atoms with Crippen molar-refractivity contribution in [1.29, 1.82) is 5.26 Å². The molecule has 0 aliphatic heterocycles. The van der Waals surface area contributed by atoms with Crippen LogP contribution in [0, 0.1) is 17.9 Å². The molecular formula is C6H9N2O. The molecule has 0 heterocycles. The first-order valence-electron chi connectivity index (χ1n) is 2.40. The first-order chi connectivity index (χ1) is 4.18. The number of nitrogens with zero attached hydrogens (tertiary/aromatic N) is 1. The molecule has 0 atom stereocenters. The van der Waals surface area contributed by atoms with Gasteiger partial charge in [0.1, 0.15) is 0 Å². The molecule has 1 radical (unpaired) electrons. The number of carbonyl (C=O) groups excluding carboxylic acids is 1. The number of hydrogen-bond acceptors (Lipinski definition) is 2. The second-order valence-corrected chi connectivity index (χ2v) is 1.12. The number of carbonyl (C=O) groups is 1. The van der Waals surface area contributed by atoms with E-state index in [2.05, 4.69) is 12.3 Å². The van der Waals surface area contributed by atoms with E-state index in [1.165, 1.54) is 0 Å². The van der Waals surface area contributed by atoms with Crippen LogP contribution in [0.2, 0.25) is 0 Å². The van der Waals surface area contributed by atoms with Gasteiger partial charge in [0, 0.05) is 12.5 Å². The maximum atomic E-state index is 9.59. The van der Waals surface area contributed by atoms with Gasteiger partial charge in [-0.15, -0.1) is 0 Å². The van der Waals surface area contributed by atoms with Gasteiger partial charge in [0.05, 0.1) is 6.07 Å². The van der Waals surface area contributed by atoms with Crippen molar-refractivity contribution in [2.24, 2.45) is 5.73 Å². The first kappa shape index (κ1) is 10.6. The minimum Gasteiger partial charge on any atom is -0.370 e. The predicted octanol–water partition coefficient (Wildman–Crippen LogP) is 0.381. The van der Waals surface area contributed by atoms with E-state index in [0.29, 0.717) is 6.42 Å². The van der Waals surface area contributed by atoms with E-state index in [1.807, 2.05) is 0 Å². The summed E-state index contributed by atoms with van der Waals surface area (Å²) in [6.45, 7) is 6.27. The standard InChI is InChI=1S/C3H7NO.C3H2N/c1-2-3(4)5;1-2-3-4/h2H2,1H3,(H2,4,5);1-2H. The third kappa shape index (κ3) is 51.2. The third-order valence-electron chi connectivity index (χ3n) is 0.423. The van der Waals surface area contributed by atoms with Crippen molar-refractivity contribution in [3.8, 4) is 6.07 Å². The average molecular weight is 125 g/mol. The average Bonchev–Trinajstić information content (AvgIpc) is 1.89. The smallest absolute Gasteiger partial charge is 0.217 e. The number of rotatable bonds is 1. The highest BCUT2D eigenvalue weighted by Gasteiger charge is 1.77. The summed E-state index contributed by atoms with van der Waals surface area (Å²) in [5, 5.41) is 7.44. The maximum absolute atomic E-state index is 9.59.